The average molecular weight is 381 g/mol. The molecule has 26 heavy (non-hydrogen) atoms. The van der Waals surface area contributed by atoms with E-state index in [-0.39, 0.29) is 10.5 Å². The highest BCUT2D eigenvalue weighted by molar-refractivity contribution is 7.89. The van der Waals surface area contributed by atoms with Gasteiger partial charge in [-0.3, -0.25) is 4.90 Å². The van der Waals surface area contributed by atoms with Gasteiger partial charge in [0.25, 0.3) is 0 Å². The summed E-state index contributed by atoms with van der Waals surface area (Å²) in [6.07, 6.45) is 2.56. The van der Waals surface area contributed by atoms with E-state index in [1.165, 1.54) is 42.4 Å². The Balaban J connectivity index is 1.62. The highest BCUT2D eigenvalue weighted by atomic mass is 32.2. The van der Waals surface area contributed by atoms with Gasteiger partial charge >= 0.3 is 5.97 Å². The van der Waals surface area contributed by atoms with Gasteiger partial charge in [0.1, 0.15) is 0 Å². The molecule has 2 fully saturated rings. The van der Waals surface area contributed by atoms with Gasteiger partial charge < -0.3 is 10.0 Å². The third-order valence-electron chi connectivity index (χ3n) is 5.32. The first-order valence-corrected chi connectivity index (χ1v) is 10.6. The van der Waals surface area contributed by atoms with E-state index in [4.69, 9.17) is 5.11 Å². The lowest BCUT2D eigenvalue weighted by Gasteiger charge is -2.35. The first-order chi connectivity index (χ1) is 12.4. The van der Waals surface area contributed by atoms with Crippen molar-refractivity contribution in [2.45, 2.75) is 24.7 Å². The van der Waals surface area contributed by atoms with Crippen molar-refractivity contribution in [2.24, 2.45) is 0 Å². The fourth-order valence-electron chi connectivity index (χ4n) is 3.63. The molecule has 2 aliphatic heterocycles. The van der Waals surface area contributed by atoms with Gasteiger partial charge in [-0.2, -0.15) is 4.31 Å². The molecular formula is C18H27N3O4S. The topological polar surface area (TPSA) is 81.2 Å². The highest BCUT2D eigenvalue weighted by Gasteiger charge is 2.30. The lowest BCUT2D eigenvalue weighted by atomic mass is 10.1. The second-order valence-electron chi connectivity index (χ2n) is 7.08. The molecule has 2 saturated heterocycles. The number of piperazine rings is 1. The van der Waals surface area contributed by atoms with Gasteiger partial charge in [-0.1, -0.05) is 6.07 Å². The number of hydrogen-bond donors (Lipinski definition) is 1. The Kier molecular flexibility index (Phi) is 5.96. The van der Waals surface area contributed by atoms with Crippen LogP contribution in [0, 0.1) is 6.92 Å². The molecule has 0 aliphatic carbocycles. The summed E-state index contributed by atoms with van der Waals surface area (Å²) in [6, 6.07) is 4.27. The van der Waals surface area contributed by atoms with E-state index >= 15 is 0 Å². The number of hydrogen-bond acceptors (Lipinski definition) is 5. The van der Waals surface area contributed by atoms with E-state index in [1.807, 2.05) is 0 Å². The summed E-state index contributed by atoms with van der Waals surface area (Å²) in [5.74, 6) is -1.12. The molecular weight excluding hydrogens is 354 g/mol. The molecule has 2 heterocycles. The fourth-order valence-corrected chi connectivity index (χ4v) is 5.31. The lowest BCUT2D eigenvalue weighted by molar-refractivity contribution is 0.0696. The normalized spacial score (nSPS) is 20.5. The maximum absolute atomic E-state index is 13.0. The number of aryl methyl sites for hydroxylation is 1. The summed E-state index contributed by atoms with van der Waals surface area (Å²) >= 11 is 0. The van der Waals surface area contributed by atoms with E-state index in [9.17, 15) is 13.2 Å². The predicted molar refractivity (Wildman–Crippen MR) is 99.0 cm³/mol. The maximum Gasteiger partial charge on any atom is 0.335 e. The van der Waals surface area contributed by atoms with E-state index in [1.54, 1.807) is 13.0 Å². The Morgan fingerprint density at radius 1 is 1.00 bits per heavy atom. The monoisotopic (exact) mass is 381 g/mol. The minimum Gasteiger partial charge on any atom is -0.478 e. The van der Waals surface area contributed by atoms with Crippen LogP contribution in [0.2, 0.25) is 0 Å². The largest absolute Gasteiger partial charge is 0.478 e. The van der Waals surface area contributed by atoms with E-state index in [0.29, 0.717) is 31.7 Å². The molecule has 8 heteroatoms. The standard InChI is InChI=1S/C18H27N3O4S/c1-15-4-5-16(18(22)23)14-17(15)26(24,25)21-12-10-20(11-13-21)9-8-19-6-2-3-7-19/h4-5,14H,2-3,6-13H2,1H3,(H,22,23). The molecule has 0 unspecified atom stereocenters. The van der Waals surface area contributed by atoms with Gasteiger partial charge in [-0.25, -0.2) is 13.2 Å². The zero-order valence-electron chi connectivity index (χ0n) is 15.2. The van der Waals surface area contributed by atoms with Gasteiger partial charge in [0.05, 0.1) is 10.5 Å². The molecule has 0 atom stereocenters. The van der Waals surface area contributed by atoms with Crippen LogP contribution in [-0.2, 0) is 10.0 Å². The molecule has 1 aromatic rings. The molecule has 3 rings (SSSR count). The molecule has 7 nitrogen and oxygen atoms in total. The Morgan fingerprint density at radius 2 is 1.58 bits per heavy atom. The molecule has 0 amide bonds. The minimum absolute atomic E-state index is 0.00146. The van der Waals surface area contributed by atoms with E-state index < -0.39 is 16.0 Å². The Labute approximate surface area is 155 Å². The van der Waals surface area contributed by atoms with Crippen LogP contribution in [0.25, 0.3) is 0 Å². The quantitative estimate of drug-likeness (QED) is 0.795. The number of nitrogens with zero attached hydrogens (tertiary/aromatic N) is 3. The second-order valence-corrected chi connectivity index (χ2v) is 8.99. The van der Waals surface area contributed by atoms with Crippen molar-refractivity contribution in [1.29, 1.82) is 0 Å². The van der Waals surface area contributed by atoms with Gasteiger partial charge in [0, 0.05) is 39.3 Å². The molecule has 1 N–H and O–H groups in total. The van der Waals surface area contributed by atoms with E-state index in [2.05, 4.69) is 9.80 Å². The number of aromatic carboxylic acids is 1. The van der Waals surface area contributed by atoms with Crippen LogP contribution < -0.4 is 0 Å². The predicted octanol–water partition coefficient (Wildman–Crippen LogP) is 1.10. The summed E-state index contributed by atoms with van der Waals surface area (Å²) in [5, 5.41) is 9.14. The summed E-state index contributed by atoms with van der Waals surface area (Å²) < 4.78 is 27.4. The summed E-state index contributed by atoms with van der Waals surface area (Å²) in [4.78, 5) is 16.0. The van der Waals surface area contributed by atoms with Crippen molar-refractivity contribution < 1.29 is 18.3 Å². The first-order valence-electron chi connectivity index (χ1n) is 9.17. The number of carboxylic acid groups (broad SMARTS) is 1. The molecule has 0 saturated carbocycles. The van der Waals surface area contributed by atoms with Crippen LogP contribution in [0.3, 0.4) is 0 Å². The Hall–Kier alpha value is -1.48. The number of likely N-dealkylation sites (tertiary alicyclic amines) is 1. The number of carbonyl (C=O) groups is 1. The molecule has 0 spiro atoms. The first kappa shape index (κ1) is 19.3. The molecule has 2 aliphatic rings. The van der Waals surface area contributed by atoms with Crippen LogP contribution >= 0.6 is 0 Å². The van der Waals surface area contributed by atoms with Gasteiger partial charge in [0.2, 0.25) is 10.0 Å². The van der Waals surface area contributed by atoms with Crippen molar-refractivity contribution in [1.82, 2.24) is 14.1 Å². The van der Waals surface area contributed by atoms with E-state index in [0.717, 1.165) is 13.1 Å². The Morgan fingerprint density at radius 3 is 2.15 bits per heavy atom. The third kappa shape index (κ3) is 4.25. The van der Waals surface area contributed by atoms with Crippen LogP contribution in [0.4, 0.5) is 0 Å². The summed E-state index contributed by atoms with van der Waals surface area (Å²) in [5.41, 5.74) is 0.574. The van der Waals surface area contributed by atoms with Crippen LogP contribution in [0.1, 0.15) is 28.8 Å². The highest BCUT2D eigenvalue weighted by Crippen LogP contribution is 2.23. The smallest absolute Gasteiger partial charge is 0.335 e. The average Bonchev–Trinajstić information content (AvgIpc) is 3.14. The van der Waals surface area contributed by atoms with Crippen LogP contribution in [0.15, 0.2) is 23.1 Å². The maximum atomic E-state index is 13.0. The minimum atomic E-state index is -3.67. The molecule has 0 bridgehead atoms. The molecule has 1 aromatic carbocycles. The zero-order valence-corrected chi connectivity index (χ0v) is 16.0. The van der Waals surface area contributed by atoms with Crippen molar-refractivity contribution in [3.63, 3.8) is 0 Å². The number of benzene rings is 1. The van der Waals surface area contributed by atoms with Gasteiger partial charge in [-0.15, -0.1) is 0 Å². The van der Waals surface area contributed by atoms with Crippen LogP contribution in [0.5, 0.6) is 0 Å². The van der Waals surface area contributed by atoms with Gasteiger partial charge in [0.15, 0.2) is 0 Å². The van der Waals surface area contributed by atoms with Crippen molar-refractivity contribution >= 4 is 16.0 Å². The molecule has 0 radical (unpaired) electrons. The fraction of sp³-hybridized carbons (Fsp3) is 0.611. The SMILES string of the molecule is Cc1ccc(C(=O)O)cc1S(=O)(=O)N1CCN(CCN2CCCC2)CC1. The number of rotatable bonds is 6. The number of sulfonamides is 1. The lowest BCUT2D eigenvalue weighted by Crippen LogP contribution is -2.50. The van der Waals surface area contributed by atoms with Crippen molar-refractivity contribution in [2.75, 3.05) is 52.4 Å². The van der Waals surface area contributed by atoms with Gasteiger partial charge in [-0.05, 0) is 50.6 Å². The van der Waals surface area contributed by atoms with Crippen molar-refractivity contribution in [3.05, 3.63) is 29.3 Å². The molecule has 144 valence electrons. The van der Waals surface area contributed by atoms with Crippen LogP contribution in [-0.4, -0.2) is 86.0 Å². The third-order valence-corrected chi connectivity index (χ3v) is 7.36. The Bertz CT molecular complexity index is 752. The molecule has 0 aromatic heterocycles. The summed E-state index contributed by atoms with van der Waals surface area (Å²) in [6.45, 7) is 8.38. The number of carboxylic acids is 1. The van der Waals surface area contributed by atoms with Crippen molar-refractivity contribution in [3.8, 4) is 0 Å². The zero-order chi connectivity index (χ0) is 18.7. The summed E-state index contributed by atoms with van der Waals surface area (Å²) in [7, 11) is -3.67. The second kappa shape index (κ2) is 8.04.